The summed E-state index contributed by atoms with van der Waals surface area (Å²) in [5, 5.41) is 3.44. The van der Waals surface area contributed by atoms with E-state index in [4.69, 9.17) is 4.98 Å². The van der Waals surface area contributed by atoms with E-state index in [1.54, 1.807) is 0 Å². The molecule has 20 heavy (non-hydrogen) atoms. The Balaban J connectivity index is 1.76. The summed E-state index contributed by atoms with van der Waals surface area (Å²) in [7, 11) is 0. The summed E-state index contributed by atoms with van der Waals surface area (Å²) < 4.78 is 2.14. The van der Waals surface area contributed by atoms with Crippen LogP contribution in [0.4, 0.5) is 0 Å². The maximum Gasteiger partial charge on any atom is 0.137 e. The van der Waals surface area contributed by atoms with Crippen molar-refractivity contribution in [2.24, 2.45) is 0 Å². The van der Waals surface area contributed by atoms with Crippen molar-refractivity contribution < 1.29 is 0 Å². The molecular weight excluding hydrogens is 248 g/mol. The molecule has 0 unspecified atom stereocenters. The first-order valence-electron chi connectivity index (χ1n) is 7.65. The Hall–Kier alpha value is -1.39. The largest absolute Gasteiger partial charge is 0.317 e. The van der Waals surface area contributed by atoms with Gasteiger partial charge in [0.15, 0.2) is 0 Å². The van der Waals surface area contributed by atoms with Gasteiger partial charge in [0.2, 0.25) is 0 Å². The molecule has 1 fully saturated rings. The van der Waals surface area contributed by atoms with Gasteiger partial charge in [-0.3, -0.25) is 4.90 Å². The molecule has 2 aromatic rings. The third kappa shape index (κ3) is 2.86. The van der Waals surface area contributed by atoms with Crippen molar-refractivity contribution in [3.8, 4) is 0 Å². The third-order valence-corrected chi connectivity index (χ3v) is 4.25. The standard InChI is InChI=1S/C16H24N4/c1-3-19(15-6-8-17-9-7-15)11-14-12-20-10-13(2)4-5-16(20)18-14/h4-5,10,12,15,17H,3,6-9,11H2,1-2H3. The molecule has 4 nitrogen and oxygen atoms in total. The Morgan fingerprint density at radius 3 is 2.85 bits per heavy atom. The maximum atomic E-state index is 4.74. The second-order valence-electron chi connectivity index (χ2n) is 5.75. The Labute approximate surface area is 120 Å². The molecule has 3 rings (SSSR count). The lowest BCUT2D eigenvalue weighted by atomic mass is 10.0. The molecule has 0 atom stereocenters. The highest BCUT2D eigenvalue weighted by molar-refractivity contribution is 5.41. The molecule has 2 aromatic heterocycles. The smallest absolute Gasteiger partial charge is 0.137 e. The Bertz CT molecular complexity index is 569. The van der Waals surface area contributed by atoms with Gasteiger partial charge in [-0.1, -0.05) is 13.0 Å². The topological polar surface area (TPSA) is 32.6 Å². The minimum absolute atomic E-state index is 0.702. The number of rotatable bonds is 4. The summed E-state index contributed by atoms with van der Waals surface area (Å²) >= 11 is 0. The van der Waals surface area contributed by atoms with Crippen molar-refractivity contribution in [1.82, 2.24) is 19.6 Å². The fraction of sp³-hybridized carbons (Fsp3) is 0.562. The van der Waals surface area contributed by atoms with Crippen LogP contribution in [-0.2, 0) is 6.54 Å². The van der Waals surface area contributed by atoms with Gasteiger partial charge in [-0.2, -0.15) is 0 Å². The minimum Gasteiger partial charge on any atom is -0.317 e. The number of aromatic nitrogens is 2. The van der Waals surface area contributed by atoms with E-state index in [0.717, 1.165) is 31.8 Å². The molecule has 0 spiro atoms. The van der Waals surface area contributed by atoms with Crippen LogP contribution < -0.4 is 5.32 Å². The first kappa shape index (κ1) is 13.6. The third-order valence-electron chi connectivity index (χ3n) is 4.25. The molecule has 0 radical (unpaired) electrons. The zero-order valence-electron chi connectivity index (χ0n) is 12.5. The van der Waals surface area contributed by atoms with Crippen LogP contribution >= 0.6 is 0 Å². The van der Waals surface area contributed by atoms with Gasteiger partial charge in [0.1, 0.15) is 5.65 Å². The lowest BCUT2D eigenvalue weighted by Gasteiger charge is -2.33. The normalized spacial score (nSPS) is 17.1. The Kier molecular flexibility index (Phi) is 4.03. The highest BCUT2D eigenvalue weighted by Gasteiger charge is 2.20. The second-order valence-corrected chi connectivity index (χ2v) is 5.75. The lowest BCUT2D eigenvalue weighted by molar-refractivity contribution is 0.160. The molecule has 0 aromatic carbocycles. The van der Waals surface area contributed by atoms with E-state index in [1.807, 2.05) is 0 Å². The molecule has 3 heterocycles. The fourth-order valence-corrected chi connectivity index (χ4v) is 3.11. The Morgan fingerprint density at radius 2 is 2.10 bits per heavy atom. The summed E-state index contributed by atoms with van der Waals surface area (Å²) in [6, 6.07) is 4.92. The number of aryl methyl sites for hydroxylation is 1. The summed E-state index contributed by atoms with van der Waals surface area (Å²) in [5.41, 5.74) is 3.50. The zero-order valence-corrected chi connectivity index (χ0v) is 12.5. The first-order valence-corrected chi connectivity index (χ1v) is 7.65. The molecule has 0 bridgehead atoms. The summed E-state index contributed by atoms with van der Waals surface area (Å²) in [6.07, 6.45) is 6.82. The van der Waals surface area contributed by atoms with E-state index in [9.17, 15) is 0 Å². The number of nitrogens with one attached hydrogen (secondary N) is 1. The SMILES string of the molecule is CCN(Cc1cn2cc(C)ccc2n1)C1CCNCC1. The van der Waals surface area contributed by atoms with Crippen molar-refractivity contribution in [2.45, 2.75) is 39.3 Å². The quantitative estimate of drug-likeness (QED) is 0.926. The van der Waals surface area contributed by atoms with Crippen LogP contribution in [0.5, 0.6) is 0 Å². The molecular formula is C16H24N4. The Morgan fingerprint density at radius 1 is 1.30 bits per heavy atom. The number of hydrogen-bond donors (Lipinski definition) is 1. The van der Waals surface area contributed by atoms with Gasteiger partial charge in [-0.25, -0.2) is 4.98 Å². The van der Waals surface area contributed by atoms with Gasteiger partial charge in [0.25, 0.3) is 0 Å². The van der Waals surface area contributed by atoms with E-state index in [1.165, 1.54) is 24.1 Å². The highest BCUT2D eigenvalue weighted by atomic mass is 15.2. The number of piperidine rings is 1. The highest BCUT2D eigenvalue weighted by Crippen LogP contribution is 2.16. The van der Waals surface area contributed by atoms with Crippen LogP contribution in [0.15, 0.2) is 24.5 Å². The molecule has 1 N–H and O–H groups in total. The molecule has 1 saturated heterocycles. The van der Waals surface area contributed by atoms with Crippen LogP contribution in [0.3, 0.4) is 0 Å². The van der Waals surface area contributed by atoms with Crippen molar-refractivity contribution in [2.75, 3.05) is 19.6 Å². The maximum absolute atomic E-state index is 4.74. The van der Waals surface area contributed by atoms with E-state index in [-0.39, 0.29) is 0 Å². The van der Waals surface area contributed by atoms with Crippen molar-refractivity contribution in [3.63, 3.8) is 0 Å². The van der Waals surface area contributed by atoms with Crippen molar-refractivity contribution in [3.05, 3.63) is 35.8 Å². The second kappa shape index (κ2) is 5.94. The number of hydrogen-bond acceptors (Lipinski definition) is 3. The van der Waals surface area contributed by atoms with Gasteiger partial charge in [-0.15, -0.1) is 0 Å². The predicted molar refractivity (Wildman–Crippen MR) is 81.9 cm³/mol. The molecule has 1 aliphatic heterocycles. The molecule has 0 amide bonds. The summed E-state index contributed by atoms with van der Waals surface area (Å²) in [6.45, 7) is 8.71. The molecule has 108 valence electrons. The van der Waals surface area contributed by atoms with E-state index in [0.29, 0.717) is 6.04 Å². The average Bonchev–Trinajstić information content (AvgIpc) is 2.87. The zero-order chi connectivity index (χ0) is 13.9. The fourth-order valence-electron chi connectivity index (χ4n) is 3.11. The average molecular weight is 272 g/mol. The van der Waals surface area contributed by atoms with Gasteiger partial charge < -0.3 is 9.72 Å². The number of pyridine rings is 1. The minimum atomic E-state index is 0.702. The van der Waals surface area contributed by atoms with E-state index >= 15 is 0 Å². The van der Waals surface area contributed by atoms with Gasteiger partial charge >= 0.3 is 0 Å². The van der Waals surface area contributed by atoms with Crippen LogP contribution in [0, 0.1) is 6.92 Å². The number of nitrogens with zero attached hydrogens (tertiary/aromatic N) is 3. The predicted octanol–water partition coefficient (Wildman–Crippen LogP) is 2.22. The van der Waals surface area contributed by atoms with E-state index in [2.05, 4.69) is 53.0 Å². The van der Waals surface area contributed by atoms with Crippen molar-refractivity contribution in [1.29, 1.82) is 0 Å². The number of fused-ring (bicyclic) bond motifs is 1. The molecule has 4 heteroatoms. The molecule has 0 saturated carbocycles. The van der Waals surface area contributed by atoms with Gasteiger partial charge in [0, 0.05) is 25.0 Å². The van der Waals surface area contributed by atoms with Gasteiger partial charge in [-0.05, 0) is 51.0 Å². The van der Waals surface area contributed by atoms with E-state index < -0.39 is 0 Å². The monoisotopic (exact) mass is 272 g/mol. The summed E-state index contributed by atoms with van der Waals surface area (Å²) in [5.74, 6) is 0. The number of imidazole rings is 1. The van der Waals surface area contributed by atoms with Crippen LogP contribution in [0.1, 0.15) is 31.0 Å². The molecule has 0 aliphatic carbocycles. The van der Waals surface area contributed by atoms with Crippen molar-refractivity contribution >= 4 is 5.65 Å². The molecule has 1 aliphatic rings. The van der Waals surface area contributed by atoms with Gasteiger partial charge in [0.05, 0.1) is 5.69 Å². The van der Waals surface area contributed by atoms with Crippen LogP contribution in [0.25, 0.3) is 5.65 Å². The summed E-state index contributed by atoms with van der Waals surface area (Å²) in [4.78, 5) is 7.31. The lowest BCUT2D eigenvalue weighted by Crippen LogP contribution is -2.42. The van der Waals surface area contributed by atoms with Crippen LogP contribution in [-0.4, -0.2) is 40.0 Å². The van der Waals surface area contributed by atoms with Crippen LogP contribution in [0.2, 0.25) is 0 Å². The first-order chi connectivity index (χ1) is 9.76.